The summed E-state index contributed by atoms with van der Waals surface area (Å²) in [5.41, 5.74) is 2.17. The monoisotopic (exact) mass is 519 g/mol. The molecule has 3 fully saturated rings. The van der Waals surface area contributed by atoms with Crippen LogP contribution in [0.15, 0.2) is 24.5 Å². The molecule has 2 aromatic heterocycles. The molecule has 2 bridgehead atoms. The Morgan fingerprint density at radius 3 is 2.66 bits per heavy atom. The second kappa shape index (κ2) is 8.96. The van der Waals surface area contributed by atoms with Gasteiger partial charge in [0.1, 0.15) is 23.1 Å². The summed E-state index contributed by atoms with van der Waals surface area (Å²) >= 11 is 0. The number of ether oxygens (including phenoxy) is 1. The number of rotatable bonds is 7. The number of anilines is 2. The molecule has 12 nitrogen and oxygen atoms in total. The number of aromatic nitrogens is 4. The van der Waals surface area contributed by atoms with Crippen molar-refractivity contribution in [2.45, 2.75) is 45.1 Å². The Morgan fingerprint density at radius 2 is 1.92 bits per heavy atom. The van der Waals surface area contributed by atoms with Gasteiger partial charge in [-0.15, -0.1) is 0 Å². The quantitative estimate of drug-likeness (QED) is 0.368. The normalized spacial score (nSPS) is 23.9. The largest absolute Gasteiger partial charge is 0.482 e. The molecule has 3 heterocycles. The molecule has 4 N–H and O–H groups in total. The SMILES string of the molecule is Cn1nc(NCC23CCC(C(=O)O)(CC2)CC3)c2ncnc(C(=O)NCc3ccc4c(c3)NC(=O)CO4)c21. The summed E-state index contributed by atoms with van der Waals surface area (Å²) in [4.78, 5) is 45.1. The van der Waals surface area contributed by atoms with Gasteiger partial charge in [-0.1, -0.05) is 6.07 Å². The minimum Gasteiger partial charge on any atom is -0.482 e. The van der Waals surface area contributed by atoms with Gasteiger partial charge in [0.25, 0.3) is 11.8 Å². The maximum absolute atomic E-state index is 13.1. The first-order valence-electron chi connectivity index (χ1n) is 12.8. The van der Waals surface area contributed by atoms with Crippen molar-refractivity contribution in [1.29, 1.82) is 0 Å². The molecule has 3 aliphatic carbocycles. The number of carboxylic acids is 1. The number of benzene rings is 1. The molecule has 198 valence electrons. The highest BCUT2D eigenvalue weighted by atomic mass is 16.5. The molecule has 2 amide bonds. The van der Waals surface area contributed by atoms with Crippen LogP contribution in [0.5, 0.6) is 5.75 Å². The maximum Gasteiger partial charge on any atom is 0.309 e. The van der Waals surface area contributed by atoms with E-state index in [1.165, 1.54) is 6.33 Å². The molecule has 0 atom stereocenters. The Balaban J connectivity index is 1.15. The van der Waals surface area contributed by atoms with Gasteiger partial charge in [-0.2, -0.15) is 5.10 Å². The maximum atomic E-state index is 13.1. The van der Waals surface area contributed by atoms with Crippen LogP contribution in [0.25, 0.3) is 11.0 Å². The molecule has 3 aromatic rings. The fraction of sp³-hybridized carbons (Fsp3) is 0.462. The fourth-order valence-electron chi connectivity index (χ4n) is 6.02. The second-order valence-corrected chi connectivity index (χ2v) is 10.7. The lowest BCUT2D eigenvalue weighted by atomic mass is 9.53. The average molecular weight is 520 g/mol. The van der Waals surface area contributed by atoms with E-state index < -0.39 is 11.4 Å². The van der Waals surface area contributed by atoms with E-state index in [1.54, 1.807) is 23.9 Å². The summed E-state index contributed by atoms with van der Waals surface area (Å²) in [6, 6.07) is 5.36. The highest BCUT2D eigenvalue weighted by Crippen LogP contribution is 2.57. The van der Waals surface area contributed by atoms with Gasteiger partial charge in [-0.05, 0) is 61.6 Å². The van der Waals surface area contributed by atoms with Crippen molar-refractivity contribution >= 4 is 40.3 Å². The van der Waals surface area contributed by atoms with E-state index in [9.17, 15) is 19.5 Å². The number of nitrogens with one attached hydrogen (secondary N) is 3. The van der Waals surface area contributed by atoms with Gasteiger partial charge in [0.15, 0.2) is 18.1 Å². The van der Waals surface area contributed by atoms with E-state index >= 15 is 0 Å². The Labute approximate surface area is 218 Å². The van der Waals surface area contributed by atoms with Crippen LogP contribution < -0.4 is 20.7 Å². The lowest BCUT2D eigenvalue weighted by Gasteiger charge is -2.51. The summed E-state index contributed by atoms with van der Waals surface area (Å²) in [5, 5.41) is 23.3. The standard InChI is InChI=1S/C26H29N7O5/c1-33-21-19(22(32-33)28-13-25-4-7-26(8-5-25,9-6-25)24(36)37)29-14-30-20(21)23(35)27-11-15-2-3-17-16(10-15)31-18(34)12-38-17/h2-3,10,14H,4-9,11-13H2,1H3,(H,27,35)(H,28,32)(H,31,34)(H,36,37). The number of carbonyl (C=O) groups is 3. The third-order valence-corrected chi connectivity index (χ3v) is 8.45. The van der Waals surface area contributed by atoms with E-state index in [0.717, 1.165) is 24.8 Å². The number of nitrogens with zero attached hydrogens (tertiary/aromatic N) is 4. The van der Waals surface area contributed by atoms with E-state index in [2.05, 4.69) is 31.0 Å². The average Bonchev–Trinajstić information content (AvgIpc) is 3.27. The predicted octanol–water partition coefficient (Wildman–Crippen LogP) is 2.46. The highest BCUT2D eigenvalue weighted by molar-refractivity contribution is 6.05. The Bertz CT molecular complexity index is 1440. The third kappa shape index (κ3) is 4.09. The minimum atomic E-state index is -0.663. The Kier molecular flexibility index (Phi) is 5.69. The molecular weight excluding hydrogens is 490 g/mol. The van der Waals surface area contributed by atoms with Crippen LogP contribution in [-0.2, 0) is 23.2 Å². The molecule has 4 aliphatic rings. The zero-order chi connectivity index (χ0) is 26.5. The molecule has 1 aromatic carbocycles. The first kappa shape index (κ1) is 24.1. The van der Waals surface area contributed by atoms with Crippen LogP contribution >= 0.6 is 0 Å². The van der Waals surface area contributed by atoms with Crippen LogP contribution in [0.4, 0.5) is 11.5 Å². The molecule has 0 saturated heterocycles. The van der Waals surface area contributed by atoms with Gasteiger partial charge < -0.3 is 25.8 Å². The van der Waals surface area contributed by atoms with Gasteiger partial charge in [0, 0.05) is 20.1 Å². The van der Waals surface area contributed by atoms with Crippen molar-refractivity contribution in [1.82, 2.24) is 25.1 Å². The third-order valence-electron chi connectivity index (χ3n) is 8.45. The predicted molar refractivity (Wildman–Crippen MR) is 137 cm³/mol. The van der Waals surface area contributed by atoms with Crippen LogP contribution in [-0.4, -0.2) is 55.8 Å². The van der Waals surface area contributed by atoms with Crippen molar-refractivity contribution in [3.63, 3.8) is 0 Å². The molecule has 7 rings (SSSR count). The number of fused-ring (bicyclic) bond motifs is 5. The first-order valence-corrected chi connectivity index (χ1v) is 12.8. The van der Waals surface area contributed by atoms with Gasteiger partial charge in [0.05, 0.1) is 11.1 Å². The van der Waals surface area contributed by atoms with Crippen molar-refractivity contribution < 1.29 is 24.2 Å². The molecule has 0 radical (unpaired) electrons. The number of hydrogen-bond donors (Lipinski definition) is 4. The smallest absolute Gasteiger partial charge is 0.309 e. The van der Waals surface area contributed by atoms with Crippen molar-refractivity contribution in [3.05, 3.63) is 35.8 Å². The molecule has 12 heteroatoms. The Morgan fingerprint density at radius 1 is 1.16 bits per heavy atom. The summed E-state index contributed by atoms with van der Waals surface area (Å²) in [6.45, 7) is 0.899. The fourth-order valence-corrected chi connectivity index (χ4v) is 6.02. The Hall–Kier alpha value is -4.22. The van der Waals surface area contributed by atoms with Gasteiger partial charge in [-0.3, -0.25) is 19.1 Å². The zero-order valence-corrected chi connectivity index (χ0v) is 21.0. The van der Waals surface area contributed by atoms with E-state index in [1.807, 2.05) is 6.07 Å². The number of carbonyl (C=O) groups excluding carboxylic acids is 2. The highest BCUT2D eigenvalue weighted by Gasteiger charge is 2.52. The summed E-state index contributed by atoms with van der Waals surface area (Å²) in [5.74, 6) is -0.0751. The second-order valence-electron chi connectivity index (χ2n) is 10.7. The van der Waals surface area contributed by atoms with E-state index in [0.29, 0.717) is 54.1 Å². The zero-order valence-electron chi connectivity index (χ0n) is 21.0. The van der Waals surface area contributed by atoms with Gasteiger partial charge >= 0.3 is 5.97 Å². The van der Waals surface area contributed by atoms with Gasteiger partial charge in [-0.25, -0.2) is 9.97 Å². The van der Waals surface area contributed by atoms with Crippen molar-refractivity contribution in [2.75, 3.05) is 23.8 Å². The lowest BCUT2D eigenvalue weighted by Crippen LogP contribution is -2.48. The van der Waals surface area contributed by atoms with Crippen LogP contribution in [0.1, 0.15) is 54.6 Å². The molecule has 1 aliphatic heterocycles. The molecule has 3 saturated carbocycles. The summed E-state index contributed by atoms with van der Waals surface area (Å²) in [7, 11) is 1.75. The number of aryl methyl sites for hydroxylation is 1. The minimum absolute atomic E-state index is 0.0132. The number of amides is 2. The molecule has 0 unspecified atom stereocenters. The van der Waals surface area contributed by atoms with E-state index in [4.69, 9.17) is 4.74 Å². The molecule has 38 heavy (non-hydrogen) atoms. The summed E-state index contributed by atoms with van der Waals surface area (Å²) < 4.78 is 6.99. The lowest BCUT2D eigenvalue weighted by molar-refractivity contribution is -0.158. The molecular formula is C26H29N7O5. The van der Waals surface area contributed by atoms with Crippen molar-refractivity contribution in [2.24, 2.45) is 17.9 Å². The number of carboxylic acid groups (broad SMARTS) is 1. The van der Waals surface area contributed by atoms with Crippen LogP contribution in [0.2, 0.25) is 0 Å². The summed E-state index contributed by atoms with van der Waals surface area (Å²) in [6.07, 6.45) is 6.11. The number of aliphatic carboxylic acids is 1. The first-order chi connectivity index (χ1) is 18.3. The van der Waals surface area contributed by atoms with Gasteiger partial charge in [0.2, 0.25) is 0 Å². The van der Waals surface area contributed by atoms with Crippen molar-refractivity contribution in [3.8, 4) is 5.75 Å². The topological polar surface area (TPSA) is 160 Å². The molecule has 0 spiro atoms. The van der Waals surface area contributed by atoms with Crippen LogP contribution in [0, 0.1) is 10.8 Å². The van der Waals surface area contributed by atoms with Crippen LogP contribution in [0.3, 0.4) is 0 Å². The van der Waals surface area contributed by atoms with E-state index in [-0.39, 0.29) is 36.1 Å². The number of hydrogen-bond acceptors (Lipinski definition) is 8.